The van der Waals surface area contributed by atoms with Gasteiger partial charge in [-0.3, -0.25) is 4.90 Å². The second-order valence-electron chi connectivity index (χ2n) is 6.83. The van der Waals surface area contributed by atoms with E-state index in [0.717, 1.165) is 24.6 Å². The molecule has 1 aromatic carbocycles. The van der Waals surface area contributed by atoms with Crippen LogP contribution >= 0.6 is 0 Å². The smallest absolute Gasteiger partial charge is 0.315 e. The number of nitrogens with one attached hydrogen (secondary N) is 2. The quantitative estimate of drug-likeness (QED) is 0.839. The molecule has 2 unspecified atom stereocenters. The van der Waals surface area contributed by atoms with Crippen LogP contribution < -0.4 is 15.4 Å². The van der Waals surface area contributed by atoms with Crippen LogP contribution in [-0.4, -0.2) is 49.3 Å². The molecule has 0 bridgehead atoms. The van der Waals surface area contributed by atoms with E-state index in [1.165, 1.54) is 26.0 Å². The van der Waals surface area contributed by atoms with E-state index in [2.05, 4.69) is 22.5 Å². The molecule has 1 aromatic rings. The van der Waals surface area contributed by atoms with Gasteiger partial charge in [-0.25, -0.2) is 9.18 Å². The zero-order chi connectivity index (χ0) is 17.1. The number of nitrogens with zero attached hydrogens (tertiary/aromatic N) is 1. The molecule has 0 radical (unpaired) electrons. The first-order chi connectivity index (χ1) is 11.6. The highest BCUT2D eigenvalue weighted by atomic mass is 19.1. The molecule has 2 aliphatic rings. The zero-order valence-corrected chi connectivity index (χ0v) is 14.3. The molecule has 2 atom stereocenters. The van der Waals surface area contributed by atoms with Crippen LogP contribution in [0, 0.1) is 5.82 Å². The van der Waals surface area contributed by atoms with Gasteiger partial charge in [0.25, 0.3) is 0 Å². The maximum absolute atomic E-state index is 13.6. The third-order valence-electron chi connectivity index (χ3n) is 4.89. The van der Waals surface area contributed by atoms with Gasteiger partial charge in [0.2, 0.25) is 0 Å². The van der Waals surface area contributed by atoms with Crippen LogP contribution in [0.5, 0.6) is 5.75 Å². The highest BCUT2D eigenvalue weighted by molar-refractivity contribution is 5.74. The Kier molecular flexibility index (Phi) is 5.23. The molecule has 1 aliphatic heterocycles. The largest absolute Gasteiger partial charge is 0.494 e. The molecule has 1 saturated carbocycles. The molecule has 1 heterocycles. The fourth-order valence-corrected chi connectivity index (χ4v) is 3.50. The second kappa shape index (κ2) is 7.38. The van der Waals surface area contributed by atoms with Gasteiger partial charge in [-0.1, -0.05) is 6.07 Å². The number of rotatable bonds is 6. The third kappa shape index (κ3) is 4.17. The van der Waals surface area contributed by atoms with E-state index in [1.807, 2.05) is 6.07 Å². The summed E-state index contributed by atoms with van der Waals surface area (Å²) in [5, 5.41) is 5.91. The van der Waals surface area contributed by atoms with Crippen molar-refractivity contribution in [1.29, 1.82) is 0 Å². The Morgan fingerprint density at radius 1 is 1.42 bits per heavy atom. The number of carbonyl (C=O) groups is 1. The van der Waals surface area contributed by atoms with Gasteiger partial charge in [-0.2, -0.15) is 0 Å². The average Bonchev–Trinajstić information content (AvgIpc) is 3.31. The molecule has 132 valence electrons. The van der Waals surface area contributed by atoms with Crippen LogP contribution in [0.4, 0.5) is 9.18 Å². The van der Waals surface area contributed by atoms with E-state index >= 15 is 0 Å². The molecule has 0 aromatic heterocycles. The van der Waals surface area contributed by atoms with Crippen molar-refractivity contribution in [3.8, 4) is 5.75 Å². The van der Waals surface area contributed by atoms with Crippen molar-refractivity contribution in [3.63, 3.8) is 0 Å². The number of benzene rings is 1. The van der Waals surface area contributed by atoms with Crippen molar-refractivity contribution in [2.75, 3.05) is 20.2 Å². The standard InChI is InChI=1S/C18H26FN3O2/c1-12-9-14(11-22(12)15-4-5-15)21-18(23)20-8-7-13-3-6-17(24-2)16(19)10-13/h3,6,10,12,14-15H,4-5,7-9,11H2,1-2H3,(H2,20,21,23). The Bertz CT molecular complexity index is 592. The Morgan fingerprint density at radius 2 is 2.21 bits per heavy atom. The van der Waals surface area contributed by atoms with Crippen molar-refractivity contribution >= 4 is 6.03 Å². The molecule has 2 N–H and O–H groups in total. The first-order valence-electron chi connectivity index (χ1n) is 8.69. The topological polar surface area (TPSA) is 53.6 Å². The van der Waals surface area contributed by atoms with Crippen LogP contribution in [0.1, 0.15) is 31.7 Å². The summed E-state index contributed by atoms with van der Waals surface area (Å²) < 4.78 is 18.5. The summed E-state index contributed by atoms with van der Waals surface area (Å²) in [6.45, 7) is 3.66. The number of urea groups is 1. The van der Waals surface area contributed by atoms with Crippen LogP contribution in [0.3, 0.4) is 0 Å². The van der Waals surface area contributed by atoms with E-state index in [0.29, 0.717) is 19.0 Å². The van der Waals surface area contributed by atoms with E-state index < -0.39 is 0 Å². The van der Waals surface area contributed by atoms with Gasteiger partial charge in [0.15, 0.2) is 11.6 Å². The Morgan fingerprint density at radius 3 is 2.88 bits per heavy atom. The van der Waals surface area contributed by atoms with Crippen molar-refractivity contribution in [1.82, 2.24) is 15.5 Å². The summed E-state index contributed by atoms with van der Waals surface area (Å²) in [6.07, 6.45) is 4.18. The SMILES string of the molecule is COc1ccc(CCNC(=O)NC2CC(C)N(C3CC3)C2)cc1F. The van der Waals surface area contributed by atoms with Crippen LogP contribution in [0.25, 0.3) is 0 Å². The Labute approximate surface area is 142 Å². The normalized spacial score (nSPS) is 24.0. The number of hydrogen-bond donors (Lipinski definition) is 2. The van der Waals surface area contributed by atoms with E-state index in [9.17, 15) is 9.18 Å². The number of amides is 2. The van der Waals surface area contributed by atoms with Gasteiger partial charge in [0, 0.05) is 31.2 Å². The summed E-state index contributed by atoms with van der Waals surface area (Å²) in [4.78, 5) is 14.5. The molecule has 0 spiro atoms. The van der Waals surface area contributed by atoms with Crippen LogP contribution in [0.15, 0.2) is 18.2 Å². The summed E-state index contributed by atoms with van der Waals surface area (Å²) in [7, 11) is 1.44. The van der Waals surface area contributed by atoms with Crippen LogP contribution in [0.2, 0.25) is 0 Å². The van der Waals surface area contributed by atoms with Crippen molar-refractivity contribution in [2.45, 2.75) is 50.7 Å². The number of halogens is 1. The third-order valence-corrected chi connectivity index (χ3v) is 4.89. The lowest BCUT2D eigenvalue weighted by Crippen LogP contribution is -2.44. The predicted octanol–water partition coefficient (Wildman–Crippen LogP) is 2.30. The second-order valence-corrected chi connectivity index (χ2v) is 6.83. The predicted molar refractivity (Wildman–Crippen MR) is 90.8 cm³/mol. The summed E-state index contributed by atoms with van der Waals surface area (Å²) in [6, 6.07) is 6.23. The minimum atomic E-state index is -0.375. The number of carbonyl (C=O) groups excluding carboxylic acids is 1. The first kappa shape index (κ1) is 17.0. The highest BCUT2D eigenvalue weighted by Gasteiger charge is 2.39. The van der Waals surface area contributed by atoms with E-state index in [4.69, 9.17) is 4.74 Å². The molecule has 5 nitrogen and oxygen atoms in total. The lowest BCUT2D eigenvalue weighted by Gasteiger charge is -2.19. The first-order valence-corrected chi connectivity index (χ1v) is 8.69. The molecule has 2 amide bonds. The monoisotopic (exact) mass is 335 g/mol. The minimum Gasteiger partial charge on any atom is -0.494 e. The lowest BCUT2D eigenvalue weighted by molar-refractivity contribution is 0.234. The molecule has 1 saturated heterocycles. The molecule has 3 rings (SSSR count). The molecule has 1 aliphatic carbocycles. The summed E-state index contributed by atoms with van der Waals surface area (Å²) >= 11 is 0. The molecule has 24 heavy (non-hydrogen) atoms. The minimum absolute atomic E-state index is 0.140. The van der Waals surface area contributed by atoms with Crippen molar-refractivity contribution in [2.24, 2.45) is 0 Å². The Balaban J connectivity index is 1.39. The van der Waals surface area contributed by atoms with Gasteiger partial charge in [-0.15, -0.1) is 0 Å². The fraction of sp³-hybridized carbons (Fsp3) is 0.611. The zero-order valence-electron chi connectivity index (χ0n) is 14.3. The number of likely N-dealkylation sites (tertiary alicyclic amines) is 1. The maximum atomic E-state index is 13.6. The van der Waals surface area contributed by atoms with E-state index in [-0.39, 0.29) is 23.6 Å². The number of ether oxygens (including phenoxy) is 1. The highest BCUT2D eigenvalue weighted by Crippen LogP contribution is 2.33. The lowest BCUT2D eigenvalue weighted by atomic mass is 10.1. The van der Waals surface area contributed by atoms with Crippen molar-refractivity contribution < 1.29 is 13.9 Å². The summed E-state index contributed by atoms with van der Waals surface area (Å²) in [5.74, 6) is -0.139. The molecular weight excluding hydrogens is 309 g/mol. The molecule has 6 heteroatoms. The molecular formula is C18H26FN3O2. The van der Waals surface area contributed by atoms with Crippen LogP contribution in [-0.2, 0) is 6.42 Å². The van der Waals surface area contributed by atoms with Gasteiger partial charge in [0.05, 0.1) is 7.11 Å². The van der Waals surface area contributed by atoms with Gasteiger partial charge in [0.1, 0.15) is 0 Å². The number of methoxy groups -OCH3 is 1. The maximum Gasteiger partial charge on any atom is 0.315 e. The Hall–Kier alpha value is -1.82. The van der Waals surface area contributed by atoms with Gasteiger partial charge >= 0.3 is 6.03 Å². The molecule has 2 fully saturated rings. The van der Waals surface area contributed by atoms with Crippen molar-refractivity contribution in [3.05, 3.63) is 29.6 Å². The van der Waals surface area contributed by atoms with Gasteiger partial charge in [-0.05, 0) is 50.3 Å². The number of hydrogen-bond acceptors (Lipinski definition) is 3. The summed E-state index contributed by atoms with van der Waals surface area (Å²) in [5.41, 5.74) is 0.836. The average molecular weight is 335 g/mol. The fourth-order valence-electron chi connectivity index (χ4n) is 3.50. The van der Waals surface area contributed by atoms with E-state index in [1.54, 1.807) is 6.07 Å². The van der Waals surface area contributed by atoms with Gasteiger partial charge < -0.3 is 15.4 Å².